The predicted octanol–water partition coefficient (Wildman–Crippen LogP) is 2.66. The van der Waals surface area contributed by atoms with Crippen LogP contribution in [0.1, 0.15) is 6.92 Å². The quantitative estimate of drug-likeness (QED) is 0.782. The Balaban J connectivity index is 1.80. The highest BCUT2D eigenvalue weighted by molar-refractivity contribution is 6.48. The molecule has 0 aromatic heterocycles. The van der Waals surface area contributed by atoms with Crippen LogP contribution in [0.4, 0.5) is 11.4 Å². The van der Waals surface area contributed by atoms with Gasteiger partial charge < -0.3 is 0 Å². The molecule has 2 atom stereocenters. The van der Waals surface area contributed by atoms with Crippen molar-refractivity contribution in [1.82, 2.24) is 0 Å². The second-order valence-corrected chi connectivity index (χ2v) is 6.57. The van der Waals surface area contributed by atoms with E-state index >= 15 is 0 Å². The Morgan fingerprint density at radius 1 is 0.962 bits per heavy atom. The molecule has 4 rings (SSSR count). The Bertz CT molecular complexity index is 940. The highest BCUT2D eigenvalue weighted by Crippen LogP contribution is 2.37. The highest BCUT2D eigenvalue weighted by Gasteiger charge is 2.58. The summed E-state index contributed by atoms with van der Waals surface area (Å²) in [6.07, 6.45) is 0. The second kappa shape index (κ2) is 6.07. The zero-order valence-corrected chi connectivity index (χ0v) is 14.6. The molecule has 2 amide bonds. The summed E-state index contributed by atoms with van der Waals surface area (Å²) in [7, 11) is 0. The van der Waals surface area contributed by atoms with Crippen molar-refractivity contribution in [1.29, 1.82) is 0 Å². The lowest BCUT2D eigenvalue weighted by atomic mass is 9.95. The van der Waals surface area contributed by atoms with E-state index in [-0.39, 0.29) is 11.5 Å². The van der Waals surface area contributed by atoms with Crippen molar-refractivity contribution in [3.8, 4) is 0 Å². The van der Waals surface area contributed by atoms with Crippen LogP contribution in [-0.4, -0.2) is 29.4 Å². The maximum atomic E-state index is 13.1. The first-order valence-electron chi connectivity index (χ1n) is 8.06. The fraction of sp³-hybridized carbons (Fsp3) is 0.158. The third-order valence-electron chi connectivity index (χ3n) is 4.52. The first-order valence-corrected chi connectivity index (χ1v) is 8.44. The van der Waals surface area contributed by atoms with Crippen molar-refractivity contribution in [2.45, 2.75) is 13.0 Å². The fourth-order valence-corrected chi connectivity index (χ4v) is 3.47. The molecule has 26 heavy (non-hydrogen) atoms. The number of Topliss-reactive ketones (excluding diaryl/α,β-unsaturated/α-hetero) is 1. The van der Waals surface area contributed by atoms with Crippen LogP contribution >= 0.6 is 11.6 Å². The number of hydrogen-bond acceptors (Lipinski definition) is 5. The van der Waals surface area contributed by atoms with Crippen LogP contribution in [0.3, 0.4) is 0 Å². The number of carbonyl (C=O) groups is 3. The molecule has 1 saturated heterocycles. The van der Waals surface area contributed by atoms with Gasteiger partial charge in [0.15, 0.2) is 5.78 Å². The number of nitrogens with zero attached hydrogens (tertiary/aromatic N) is 3. The summed E-state index contributed by atoms with van der Waals surface area (Å²) in [6, 6.07) is 14.6. The van der Waals surface area contributed by atoms with Gasteiger partial charge >= 0.3 is 0 Å². The number of halogens is 1. The van der Waals surface area contributed by atoms with E-state index < -0.39 is 23.8 Å². The molecule has 2 aromatic rings. The van der Waals surface area contributed by atoms with Crippen molar-refractivity contribution in [2.75, 3.05) is 9.91 Å². The Kier molecular flexibility index (Phi) is 3.85. The molecule has 0 N–H and O–H groups in total. The zero-order chi connectivity index (χ0) is 18.4. The molecule has 0 radical (unpaired) electrons. The number of ketones is 1. The van der Waals surface area contributed by atoms with Crippen LogP contribution in [0.25, 0.3) is 0 Å². The number of benzene rings is 2. The average Bonchev–Trinajstić information content (AvgIpc) is 3.15. The maximum absolute atomic E-state index is 13.1. The Labute approximate surface area is 154 Å². The molecule has 1 fully saturated rings. The van der Waals surface area contributed by atoms with Crippen LogP contribution < -0.4 is 9.91 Å². The maximum Gasteiger partial charge on any atom is 0.259 e. The van der Waals surface area contributed by atoms with Gasteiger partial charge in [0.1, 0.15) is 17.7 Å². The molecule has 2 aromatic carbocycles. The second-order valence-electron chi connectivity index (χ2n) is 6.13. The van der Waals surface area contributed by atoms with Crippen molar-refractivity contribution < 1.29 is 14.4 Å². The average molecular weight is 368 g/mol. The van der Waals surface area contributed by atoms with Crippen molar-refractivity contribution in [2.24, 2.45) is 11.0 Å². The molecular weight excluding hydrogens is 354 g/mol. The summed E-state index contributed by atoms with van der Waals surface area (Å²) in [4.78, 5) is 39.2. The molecule has 0 bridgehead atoms. The monoisotopic (exact) mass is 367 g/mol. The lowest BCUT2D eigenvalue weighted by Gasteiger charge is -2.22. The molecule has 130 valence electrons. The number of imide groups is 1. The number of rotatable bonds is 3. The Morgan fingerprint density at radius 3 is 2.23 bits per heavy atom. The molecule has 7 heteroatoms. The molecule has 0 aliphatic carbocycles. The van der Waals surface area contributed by atoms with Crippen LogP contribution in [-0.2, 0) is 14.4 Å². The van der Waals surface area contributed by atoms with Crippen LogP contribution in [0, 0.1) is 5.92 Å². The van der Waals surface area contributed by atoms with Crippen molar-refractivity contribution >= 4 is 46.3 Å². The normalized spacial score (nSPS) is 21.8. The minimum Gasteiger partial charge on any atom is -0.293 e. The SMILES string of the molecule is CC(=O)C1=NN(c2ccccc2)[C@@H]2C(=O)N(c3ccc(Cl)cc3)C(=O)[C@H]12. The van der Waals surface area contributed by atoms with E-state index in [9.17, 15) is 14.4 Å². The standard InChI is InChI=1S/C19H14ClN3O3/c1-11(24)16-15-17(23(21-16)14-5-3-2-4-6-14)19(26)22(18(15)25)13-9-7-12(20)8-10-13/h2-10,15,17H,1H3/t15-,17+/m1/s1. The molecule has 0 saturated carbocycles. The summed E-state index contributed by atoms with van der Waals surface area (Å²) < 4.78 is 0. The number of amides is 2. The molecule has 2 aliphatic heterocycles. The Hall–Kier alpha value is -2.99. The van der Waals surface area contributed by atoms with Gasteiger partial charge in [-0.2, -0.15) is 5.10 Å². The molecule has 6 nitrogen and oxygen atoms in total. The highest BCUT2D eigenvalue weighted by atomic mass is 35.5. The van der Waals surface area contributed by atoms with Crippen LogP contribution in [0.5, 0.6) is 0 Å². The largest absolute Gasteiger partial charge is 0.293 e. The Morgan fingerprint density at radius 2 is 1.62 bits per heavy atom. The summed E-state index contributed by atoms with van der Waals surface area (Å²) in [5.74, 6) is -2.09. The van der Waals surface area contributed by atoms with E-state index in [1.54, 1.807) is 36.4 Å². The van der Waals surface area contributed by atoms with E-state index in [0.717, 1.165) is 4.90 Å². The van der Waals surface area contributed by atoms with E-state index in [1.807, 2.05) is 18.2 Å². The van der Waals surface area contributed by atoms with Gasteiger partial charge in [-0.25, -0.2) is 4.90 Å². The summed E-state index contributed by atoms with van der Waals surface area (Å²) in [5, 5.41) is 6.27. The van der Waals surface area contributed by atoms with Gasteiger partial charge in [-0.15, -0.1) is 0 Å². The summed E-state index contributed by atoms with van der Waals surface area (Å²) in [5.41, 5.74) is 1.18. The number of anilines is 2. The summed E-state index contributed by atoms with van der Waals surface area (Å²) in [6.45, 7) is 1.35. The van der Waals surface area contributed by atoms with Crippen molar-refractivity contribution in [3.63, 3.8) is 0 Å². The lowest BCUT2D eigenvalue weighted by molar-refractivity contribution is -0.122. The molecule has 0 unspecified atom stereocenters. The van der Waals surface area contributed by atoms with E-state index in [0.29, 0.717) is 16.4 Å². The number of para-hydroxylation sites is 1. The first kappa shape index (κ1) is 16.5. The van der Waals surface area contributed by atoms with E-state index in [1.165, 1.54) is 11.9 Å². The van der Waals surface area contributed by atoms with Crippen molar-refractivity contribution in [3.05, 3.63) is 59.6 Å². The van der Waals surface area contributed by atoms with Crippen LogP contribution in [0.2, 0.25) is 5.02 Å². The summed E-state index contributed by atoms with van der Waals surface area (Å²) >= 11 is 5.89. The van der Waals surface area contributed by atoms with Crippen LogP contribution in [0.15, 0.2) is 59.7 Å². The van der Waals surface area contributed by atoms with Gasteiger partial charge in [0.05, 0.1) is 11.4 Å². The first-order chi connectivity index (χ1) is 12.5. The van der Waals surface area contributed by atoms with Gasteiger partial charge in [-0.3, -0.25) is 19.4 Å². The third kappa shape index (κ3) is 2.42. The zero-order valence-electron chi connectivity index (χ0n) is 13.8. The lowest BCUT2D eigenvalue weighted by Crippen LogP contribution is -2.39. The molecule has 2 aliphatic rings. The predicted molar refractivity (Wildman–Crippen MR) is 98.3 cm³/mol. The minimum absolute atomic E-state index is 0.105. The van der Waals surface area contributed by atoms with E-state index in [2.05, 4.69) is 5.10 Å². The fourth-order valence-electron chi connectivity index (χ4n) is 3.34. The van der Waals surface area contributed by atoms with E-state index in [4.69, 9.17) is 11.6 Å². The molecule has 2 heterocycles. The topological polar surface area (TPSA) is 70.1 Å². The third-order valence-corrected chi connectivity index (χ3v) is 4.77. The molecule has 0 spiro atoms. The number of hydrazone groups is 1. The van der Waals surface area contributed by atoms with Gasteiger partial charge in [0.2, 0.25) is 5.91 Å². The van der Waals surface area contributed by atoms with Gasteiger partial charge in [0, 0.05) is 11.9 Å². The smallest absolute Gasteiger partial charge is 0.259 e. The van der Waals surface area contributed by atoms with Gasteiger partial charge in [-0.05, 0) is 36.4 Å². The van der Waals surface area contributed by atoms with Gasteiger partial charge in [0.25, 0.3) is 5.91 Å². The number of carbonyl (C=O) groups excluding carboxylic acids is 3. The number of hydrogen-bond donors (Lipinski definition) is 0. The van der Waals surface area contributed by atoms with Gasteiger partial charge in [-0.1, -0.05) is 29.8 Å². The molecular formula is C19H14ClN3O3. The minimum atomic E-state index is -0.907. The number of fused-ring (bicyclic) bond motifs is 1.